The Kier molecular flexibility index (Phi) is 4.30. The van der Waals surface area contributed by atoms with E-state index in [9.17, 15) is 4.79 Å². The highest BCUT2D eigenvalue weighted by molar-refractivity contribution is 5.98. The van der Waals surface area contributed by atoms with Gasteiger partial charge in [-0.15, -0.1) is 0 Å². The van der Waals surface area contributed by atoms with Gasteiger partial charge in [-0.1, -0.05) is 5.16 Å². The largest absolute Gasteiger partial charge is 0.409 e. The fraction of sp³-hybridized carbons (Fsp3) is 0.545. The summed E-state index contributed by atoms with van der Waals surface area (Å²) < 4.78 is 1.67. The molecular weight excluding hydrogens is 234 g/mol. The van der Waals surface area contributed by atoms with Crippen LogP contribution in [0.2, 0.25) is 0 Å². The summed E-state index contributed by atoms with van der Waals surface area (Å²) in [6.45, 7) is 6.04. The highest BCUT2D eigenvalue weighted by atomic mass is 16.4. The van der Waals surface area contributed by atoms with Crippen LogP contribution in [0.4, 0.5) is 0 Å². The SMILES string of the molecule is CCN(CC(N)=NO)C(=O)c1c(C)nn(C)c1C. The van der Waals surface area contributed by atoms with Crippen LogP contribution in [-0.4, -0.2) is 44.7 Å². The molecule has 1 heterocycles. The minimum Gasteiger partial charge on any atom is -0.409 e. The Hall–Kier alpha value is -2.05. The Bertz CT molecular complexity index is 478. The number of aromatic nitrogens is 2. The van der Waals surface area contributed by atoms with E-state index in [1.807, 2.05) is 13.8 Å². The van der Waals surface area contributed by atoms with Crippen molar-refractivity contribution in [3.05, 3.63) is 17.0 Å². The maximum absolute atomic E-state index is 12.4. The quantitative estimate of drug-likeness (QED) is 0.348. The molecule has 3 N–H and O–H groups in total. The van der Waals surface area contributed by atoms with Gasteiger partial charge in [0.2, 0.25) is 0 Å². The first kappa shape index (κ1) is 14.0. The lowest BCUT2D eigenvalue weighted by Gasteiger charge is -2.20. The number of carbonyl (C=O) groups excluding carboxylic acids is 1. The van der Waals surface area contributed by atoms with Crippen molar-refractivity contribution in [2.24, 2.45) is 17.9 Å². The van der Waals surface area contributed by atoms with Crippen LogP contribution < -0.4 is 5.73 Å². The van der Waals surface area contributed by atoms with Crippen molar-refractivity contribution in [2.45, 2.75) is 20.8 Å². The summed E-state index contributed by atoms with van der Waals surface area (Å²) in [5.41, 5.74) is 7.49. The third-order valence-electron chi connectivity index (χ3n) is 2.87. The highest BCUT2D eigenvalue weighted by Crippen LogP contribution is 2.14. The molecule has 0 fully saturated rings. The molecule has 0 spiro atoms. The molecule has 0 saturated carbocycles. The predicted octanol–water partition coefficient (Wildman–Crippen LogP) is 0.245. The average Bonchev–Trinajstić information content (AvgIpc) is 2.59. The summed E-state index contributed by atoms with van der Waals surface area (Å²) in [6, 6.07) is 0. The van der Waals surface area contributed by atoms with Crippen molar-refractivity contribution in [2.75, 3.05) is 13.1 Å². The zero-order valence-electron chi connectivity index (χ0n) is 11.1. The number of aryl methyl sites for hydroxylation is 2. The second kappa shape index (κ2) is 5.52. The van der Waals surface area contributed by atoms with Crippen LogP contribution in [-0.2, 0) is 7.05 Å². The Labute approximate surface area is 106 Å². The van der Waals surface area contributed by atoms with Gasteiger partial charge >= 0.3 is 0 Å². The summed E-state index contributed by atoms with van der Waals surface area (Å²) in [6.07, 6.45) is 0. The van der Waals surface area contributed by atoms with Gasteiger partial charge < -0.3 is 15.8 Å². The van der Waals surface area contributed by atoms with Crippen molar-refractivity contribution >= 4 is 11.7 Å². The molecule has 0 radical (unpaired) electrons. The number of nitrogens with two attached hydrogens (primary N) is 1. The molecule has 100 valence electrons. The van der Waals surface area contributed by atoms with Crippen LogP contribution in [0, 0.1) is 13.8 Å². The van der Waals surface area contributed by atoms with Gasteiger partial charge in [0.15, 0.2) is 5.84 Å². The van der Waals surface area contributed by atoms with E-state index in [4.69, 9.17) is 10.9 Å². The van der Waals surface area contributed by atoms with E-state index >= 15 is 0 Å². The molecule has 0 bridgehead atoms. The second-order valence-electron chi connectivity index (χ2n) is 4.08. The zero-order valence-corrected chi connectivity index (χ0v) is 11.1. The first-order chi connectivity index (χ1) is 8.42. The maximum atomic E-state index is 12.4. The lowest BCUT2D eigenvalue weighted by molar-refractivity contribution is 0.0784. The molecular formula is C11H19N5O2. The number of hydrogen-bond acceptors (Lipinski definition) is 4. The van der Waals surface area contributed by atoms with Crippen LogP contribution in [0.15, 0.2) is 5.16 Å². The van der Waals surface area contributed by atoms with E-state index in [0.29, 0.717) is 17.8 Å². The molecule has 1 aromatic rings. The number of amidine groups is 1. The van der Waals surface area contributed by atoms with E-state index in [1.165, 1.54) is 4.90 Å². The van der Waals surface area contributed by atoms with Gasteiger partial charge in [0.05, 0.1) is 17.8 Å². The summed E-state index contributed by atoms with van der Waals surface area (Å²) >= 11 is 0. The number of nitrogens with zero attached hydrogens (tertiary/aromatic N) is 4. The van der Waals surface area contributed by atoms with Crippen LogP contribution >= 0.6 is 0 Å². The summed E-state index contributed by atoms with van der Waals surface area (Å²) in [7, 11) is 1.79. The molecule has 18 heavy (non-hydrogen) atoms. The molecule has 1 aromatic heterocycles. The molecule has 0 aliphatic rings. The minimum absolute atomic E-state index is 0.00407. The predicted molar refractivity (Wildman–Crippen MR) is 67.7 cm³/mol. The zero-order chi connectivity index (χ0) is 13.9. The molecule has 0 aliphatic heterocycles. The molecule has 0 unspecified atom stereocenters. The lowest BCUT2D eigenvalue weighted by Crippen LogP contribution is -2.38. The Morgan fingerprint density at radius 3 is 2.56 bits per heavy atom. The number of rotatable bonds is 4. The van der Waals surface area contributed by atoms with E-state index in [2.05, 4.69) is 10.3 Å². The number of oxime groups is 1. The van der Waals surface area contributed by atoms with Gasteiger partial charge in [0.1, 0.15) is 0 Å². The van der Waals surface area contributed by atoms with Gasteiger partial charge in [0, 0.05) is 19.3 Å². The van der Waals surface area contributed by atoms with Crippen molar-refractivity contribution in [3.8, 4) is 0 Å². The fourth-order valence-electron chi connectivity index (χ4n) is 1.80. The van der Waals surface area contributed by atoms with Crippen molar-refractivity contribution in [1.82, 2.24) is 14.7 Å². The van der Waals surface area contributed by atoms with Crippen LogP contribution in [0.25, 0.3) is 0 Å². The third-order valence-corrected chi connectivity index (χ3v) is 2.87. The number of carbonyl (C=O) groups is 1. The molecule has 7 heteroatoms. The molecule has 1 rings (SSSR count). The number of amides is 1. The summed E-state index contributed by atoms with van der Waals surface area (Å²) in [5, 5.41) is 15.6. The number of likely N-dealkylation sites (N-methyl/N-ethyl adjacent to an activating group) is 1. The van der Waals surface area contributed by atoms with Crippen LogP contribution in [0.3, 0.4) is 0 Å². The van der Waals surface area contributed by atoms with E-state index < -0.39 is 0 Å². The van der Waals surface area contributed by atoms with Crippen LogP contribution in [0.1, 0.15) is 28.7 Å². The Balaban J connectivity index is 3.04. The van der Waals surface area contributed by atoms with Crippen molar-refractivity contribution in [1.29, 1.82) is 0 Å². The van der Waals surface area contributed by atoms with E-state index in [0.717, 1.165) is 5.69 Å². The lowest BCUT2D eigenvalue weighted by atomic mass is 10.1. The monoisotopic (exact) mass is 253 g/mol. The van der Waals surface area contributed by atoms with Gasteiger partial charge in [0.25, 0.3) is 5.91 Å². The van der Waals surface area contributed by atoms with Crippen molar-refractivity contribution < 1.29 is 10.0 Å². The molecule has 0 aromatic carbocycles. The van der Waals surface area contributed by atoms with Gasteiger partial charge in [-0.3, -0.25) is 9.48 Å². The van der Waals surface area contributed by atoms with Gasteiger partial charge in [-0.25, -0.2) is 0 Å². The van der Waals surface area contributed by atoms with Gasteiger partial charge in [-0.05, 0) is 20.8 Å². The van der Waals surface area contributed by atoms with Gasteiger partial charge in [-0.2, -0.15) is 5.10 Å². The molecule has 0 saturated heterocycles. The highest BCUT2D eigenvalue weighted by Gasteiger charge is 2.22. The number of hydrogen-bond donors (Lipinski definition) is 2. The average molecular weight is 253 g/mol. The smallest absolute Gasteiger partial charge is 0.257 e. The Morgan fingerprint density at radius 1 is 1.56 bits per heavy atom. The first-order valence-electron chi connectivity index (χ1n) is 5.68. The minimum atomic E-state index is -0.160. The van der Waals surface area contributed by atoms with Crippen molar-refractivity contribution in [3.63, 3.8) is 0 Å². The summed E-state index contributed by atoms with van der Waals surface area (Å²) in [5.74, 6) is -0.156. The van der Waals surface area contributed by atoms with E-state index in [1.54, 1.807) is 18.7 Å². The Morgan fingerprint density at radius 2 is 2.17 bits per heavy atom. The fourth-order valence-corrected chi connectivity index (χ4v) is 1.80. The molecule has 0 atom stereocenters. The third kappa shape index (κ3) is 2.61. The normalized spacial score (nSPS) is 11.7. The molecule has 7 nitrogen and oxygen atoms in total. The molecule has 0 aliphatic carbocycles. The topological polar surface area (TPSA) is 96.7 Å². The summed E-state index contributed by atoms with van der Waals surface area (Å²) in [4.78, 5) is 13.9. The van der Waals surface area contributed by atoms with Crippen LogP contribution in [0.5, 0.6) is 0 Å². The standard InChI is InChI=1S/C11H19N5O2/c1-5-16(6-9(12)14-18)11(17)10-7(2)13-15(4)8(10)3/h18H,5-6H2,1-4H3,(H2,12,14). The first-order valence-corrected chi connectivity index (χ1v) is 5.68. The molecule has 1 amide bonds. The maximum Gasteiger partial charge on any atom is 0.257 e. The second-order valence-corrected chi connectivity index (χ2v) is 4.08. The van der Waals surface area contributed by atoms with E-state index in [-0.39, 0.29) is 18.3 Å².